The Labute approximate surface area is 143 Å². The van der Waals surface area contributed by atoms with E-state index >= 15 is 0 Å². The fraction of sp³-hybridized carbons (Fsp3) is 0.667. The summed E-state index contributed by atoms with van der Waals surface area (Å²) in [6.45, 7) is 6.59. The van der Waals surface area contributed by atoms with Gasteiger partial charge >= 0.3 is 0 Å². The van der Waals surface area contributed by atoms with Gasteiger partial charge in [-0.2, -0.15) is 0 Å². The normalized spacial score (nSPS) is 36.3. The maximum atomic E-state index is 6.22. The van der Waals surface area contributed by atoms with E-state index in [1.807, 2.05) is 38.1 Å². The van der Waals surface area contributed by atoms with Gasteiger partial charge < -0.3 is 18.9 Å². The van der Waals surface area contributed by atoms with Gasteiger partial charge in [0.2, 0.25) is 0 Å². The van der Waals surface area contributed by atoms with E-state index in [0.29, 0.717) is 6.61 Å². The van der Waals surface area contributed by atoms with Crippen molar-refractivity contribution < 1.29 is 18.9 Å². The van der Waals surface area contributed by atoms with E-state index in [-0.39, 0.29) is 24.6 Å². The molecule has 5 atom stereocenters. The third-order valence-electron chi connectivity index (χ3n) is 4.62. The minimum Gasteiger partial charge on any atom is -0.368 e. The Morgan fingerprint density at radius 2 is 2.00 bits per heavy atom. The van der Waals surface area contributed by atoms with Crippen molar-refractivity contribution in [2.24, 2.45) is 0 Å². The van der Waals surface area contributed by atoms with Crippen molar-refractivity contribution >= 4 is 11.6 Å². The number of ether oxygens (including phenoxy) is 4. The Balaban J connectivity index is 1.70. The zero-order valence-corrected chi connectivity index (χ0v) is 14.7. The Morgan fingerprint density at radius 1 is 1.22 bits per heavy atom. The van der Waals surface area contributed by atoms with Crippen LogP contribution >= 0.6 is 11.6 Å². The molecule has 2 fully saturated rings. The van der Waals surface area contributed by atoms with Crippen LogP contribution in [-0.4, -0.2) is 30.4 Å². The number of hydrogen-bond donors (Lipinski definition) is 0. The van der Waals surface area contributed by atoms with Crippen LogP contribution in [0.15, 0.2) is 24.3 Å². The van der Waals surface area contributed by atoms with E-state index in [2.05, 4.69) is 6.92 Å². The molecule has 3 rings (SSSR count). The van der Waals surface area contributed by atoms with E-state index in [1.54, 1.807) is 0 Å². The predicted octanol–water partition coefficient (Wildman–Crippen LogP) is 4.29. The first-order chi connectivity index (χ1) is 11.1. The third-order valence-corrected chi connectivity index (χ3v) is 4.99. The Bertz CT molecular complexity index is 538. The maximum absolute atomic E-state index is 6.22. The molecular formula is C18H25ClO4. The second-order valence-corrected chi connectivity index (χ2v) is 6.79. The van der Waals surface area contributed by atoms with Crippen LogP contribution in [0.3, 0.4) is 0 Å². The SMILES string of the molecule is CCC[C@H]1O[C@@H]2OC(C)(CC)O[C@@H]2[C@H]1OCc1ccccc1Cl. The number of fused-ring (bicyclic) bond motifs is 1. The van der Waals surface area contributed by atoms with Gasteiger partial charge in [-0.05, 0) is 31.4 Å². The van der Waals surface area contributed by atoms with Crippen molar-refractivity contribution in [1.29, 1.82) is 0 Å². The van der Waals surface area contributed by atoms with Crippen molar-refractivity contribution in [2.45, 2.75) is 77.0 Å². The number of benzene rings is 1. The molecule has 23 heavy (non-hydrogen) atoms. The molecule has 1 aromatic carbocycles. The summed E-state index contributed by atoms with van der Waals surface area (Å²) < 4.78 is 24.3. The molecule has 2 saturated heterocycles. The average molecular weight is 341 g/mol. The maximum Gasteiger partial charge on any atom is 0.190 e. The highest BCUT2D eigenvalue weighted by Crippen LogP contribution is 2.41. The summed E-state index contributed by atoms with van der Waals surface area (Å²) >= 11 is 6.22. The van der Waals surface area contributed by atoms with Gasteiger partial charge in [-0.3, -0.25) is 0 Å². The van der Waals surface area contributed by atoms with Crippen LogP contribution in [0.25, 0.3) is 0 Å². The van der Waals surface area contributed by atoms with Crippen LogP contribution in [0.2, 0.25) is 5.02 Å². The first kappa shape index (κ1) is 17.2. The molecule has 0 bridgehead atoms. The van der Waals surface area contributed by atoms with Crippen molar-refractivity contribution in [3.05, 3.63) is 34.9 Å². The van der Waals surface area contributed by atoms with Crippen molar-refractivity contribution in [2.75, 3.05) is 0 Å². The first-order valence-electron chi connectivity index (χ1n) is 8.42. The van der Waals surface area contributed by atoms with Crippen molar-refractivity contribution in [3.63, 3.8) is 0 Å². The van der Waals surface area contributed by atoms with Crippen LogP contribution in [-0.2, 0) is 25.6 Å². The molecule has 128 valence electrons. The fourth-order valence-electron chi connectivity index (χ4n) is 3.16. The quantitative estimate of drug-likeness (QED) is 0.774. The molecule has 0 saturated carbocycles. The predicted molar refractivity (Wildman–Crippen MR) is 88.3 cm³/mol. The summed E-state index contributed by atoms with van der Waals surface area (Å²) in [7, 11) is 0. The third kappa shape index (κ3) is 3.57. The average Bonchev–Trinajstić information content (AvgIpc) is 3.01. The summed E-state index contributed by atoms with van der Waals surface area (Å²) in [5.41, 5.74) is 0.977. The van der Waals surface area contributed by atoms with E-state index in [1.165, 1.54) is 0 Å². The molecular weight excluding hydrogens is 316 g/mol. The molecule has 2 aliphatic heterocycles. The number of hydrogen-bond acceptors (Lipinski definition) is 4. The lowest BCUT2D eigenvalue weighted by molar-refractivity contribution is -0.229. The summed E-state index contributed by atoms with van der Waals surface area (Å²) in [6, 6.07) is 7.74. The summed E-state index contributed by atoms with van der Waals surface area (Å²) in [6.07, 6.45) is 2.07. The fourth-order valence-corrected chi connectivity index (χ4v) is 3.35. The molecule has 2 heterocycles. The molecule has 0 amide bonds. The molecule has 0 spiro atoms. The van der Waals surface area contributed by atoms with Crippen LogP contribution in [0.1, 0.15) is 45.6 Å². The number of halogens is 1. The van der Waals surface area contributed by atoms with Gasteiger partial charge in [0.1, 0.15) is 12.2 Å². The topological polar surface area (TPSA) is 36.9 Å². The first-order valence-corrected chi connectivity index (χ1v) is 8.80. The van der Waals surface area contributed by atoms with E-state index in [9.17, 15) is 0 Å². The Morgan fingerprint density at radius 3 is 2.70 bits per heavy atom. The zero-order valence-electron chi connectivity index (χ0n) is 14.0. The Kier molecular flexibility index (Phi) is 5.29. The minimum atomic E-state index is -0.585. The van der Waals surface area contributed by atoms with Gasteiger partial charge in [-0.1, -0.05) is 50.1 Å². The van der Waals surface area contributed by atoms with Crippen LogP contribution in [0.5, 0.6) is 0 Å². The molecule has 0 N–H and O–H groups in total. The van der Waals surface area contributed by atoms with Gasteiger partial charge in [0.25, 0.3) is 0 Å². The van der Waals surface area contributed by atoms with E-state index in [0.717, 1.165) is 29.8 Å². The van der Waals surface area contributed by atoms with E-state index in [4.69, 9.17) is 30.5 Å². The molecule has 1 unspecified atom stereocenters. The highest BCUT2D eigenvalue weighted by Gasteiger charge is 2.55. The number of rotatable bonds is 6. The molecule has 2 aliphatic rings. The molecule has 1 aromatic rings. The Hall–Kier alpha value is -0.650. The lowest BCUT2D eigenvalue weighted by atomic mass is 10.1. The molecule has 4 nitrogen and oxygen atoms in total. The molecule has 0 aliphatic carbocycles. The highest BCUT2D eigenvalue weighted by molar-refractivity contribution is 6.31. The lowest BCUT2D eigenvalue weighted by Crippen LogP contribution is -2.37. The standard InChI is InChI=1S/C18H25ClO4/c1-4-8-14-15(20-11-12-9-6-7-10-13(12)19)16-17(21-14)23-18(3,5-2)22-16/h6-7,9-10,14-17H,4-5,8,11H2,1-3H3/t14-,15+,16-,17-,18?/m1/s1. The monoisotopic (exact) mass is 340 g/mol. The second-order valence-electron chi connectivity index (χ2n) is 6.39. The highest BCUT2D eigenvalue weighted by atomic mass is 35.5. The van der Waals surface area contributed by atoms with Crippen LogP contribution in [0, 0.1) is 0 Å². The van der Waals surface area contributed by atoms with E-state index < -0.39 is 5.79 Å². The summed E-state index contributed by atoms with van der Waals surface area (Å²) in [5, 5.41) is 0.719. The van der Waals surface area contributed by atoms with Gasteiger partial charge in [0.15, 0.2) is 12.1 Å². The molecule has 0 radical (unpaired) electrons. The van der Waals surface area contributed by atoms with Gasteiger partial charge in [-0.15, -0.1) is 0 Å². The van der Waals surface area contributed by atoms with Crippen molar-refractivity contribution in [3.8, 4) is 0 Å². The van der Waals surface area contributed by atoms with Crippen molar-refractivity contribution in [1.82, 2.24) is 0 Å². The summed E-state index contributed by atoms with van der Waals surface area (Å²) in [4.78, 5) is 0. The smallest absolute Gasteiger partial charge is 0.190 e. The second kappa shape index (κ2) is 7.08. The zero-order chi connectivity index (χ0) is 16.4. The largest absolute Gasteiger partial charge is 0.368 e. The van der Waals surface area contributed by atoms with Gasteiger partial charge in [0, 0.05) is 5.02 Å². The lowest BCUT2D eigenvalue weighted by Gasteiger charge is -2.27. The summed E-state index contributed by atoms with van der Waals surface area (Å²) in [5.74, 6) is -0.585. The van der Waals surface area contributed by atoms with Crippen LogP contribution in [0.4, 0.5) is 0 Å². The van der Waals surface area contributed by atoms with Crippen LogP contribution < -0.4 is 0 Å². The molecule has 0 aromatic heterocycles. The minimum absolute atomic E-state index is 0.00102. The molecule has 5 heteroatoms. The van der Waals surface area contributed by atoms with Gasteiger partial charge in [-0.25, -0.2) is 0 Å². The van der Waals surface area contributed by atoms with Gasteiger partial charge in [0.05, 0.1) is 12.7 Å².